The van der Waals surface area contributed by atoms with Gasteiger partial charge < -0.3 is 9.90 Å². The number of carboxylic acids is 1. The SMILES string of the molecule is O=CC1=C(CC(=O)[O-])CCCC1. The van der Waals surface area contributed by atoms with Gasteiger partial charge in [-0.15, -0.1) is 0 Å². The molecule has 0 amide bonds. The monoisotopic (exact) mass is 167 g/mol. The summed E-state index contributed by atoms with van der Waals surface area (Å²) in [5, 5.41) is 10.3. The van der Waals surface area contributed by atoms with Gasteiger partial charge >= 0.3 is 0 Å². The van der Waals surface area contributed by atoms with E-state index in [-0.39, 0.29) is 6.42 Å². The summed E-state index contributed by atoms with van der Waals surface area (Å²) in [6.45, 7) is 0. The van der Waals surface area contributed by atoms with Gasteiger partial charge in [0.2, 0.25) is 0 Å². The first kappa shape index (κ1) is 8.97. The number of carbonyl (C=O) groups excluding carboxylic acids is 2. The lowest BCUT2D eigenvalue weighted by Gasteiger charge is -2.16. The maximum Gasteiger partial charge on any atom is 0.145 e. The van der Waals surface area contributed by atoms with Crippen LogP contribution in [0.15, 0.2) is 11.1 Å². The van der Waals surface area contributed by atoms with Crippen molar-refractivity contribution in [1.29, 1.82) is 0 Å². The molecule has 66 valence electrons. The molecule has 0 aromatic heterocycles. The highest BCUT2D eigenvalue weighted by Crippen LogP contribution is 2.25. The molecule has 0 fully saturated rings. The molecular weight excluding hydrogens is 156 g/mol. The number of carboxylic acid groups (broad SMARTS) is 1. The first-order valence-corrected chi connectivity index (χ1v) is 4.10. The summed E-state index contributed by atoms with van der Waals surface area (Å²) >= 11 is 0. The Hall–Kier alpha value is -1.12. The van der Waals surface area contributed by atoms with E-state index in [1.54, 1.807) is 0 Å². The van der Waals surface area contributed by atoms with Gasteiger partial charge in [0.15, 0.2) is 0 Å². The summed E-state index contributed by atoms with van der Waals surface area (Å²) in [5.74, 6) is -1.09. The van der Waals surface area contributed by atoms with Crippen LogP contribution >= 0.6 is 0 Å². The predicted octanol–water partition coefficient (Wildman–Crippen LogP) is 0.196. The number of allylic oxidation sites excluding steroid dienone is 1. The van der Waals surface area contributed by atoms with Gasteiger partial charge in [0.05, 0.1) is 0 Å². The molecule has 1 aliphatic rings. The van der Waals surface area contributed by atoms with E-state index in [2.05, 4.69) is 0 Å². The number of carbonyl (C=O) groups is 2. The van der Waals surface area contributed by atoms with Gasteiger partial charge in [0.1, 0.15) is 6.29 Å². The van der Waals surface area contributed by atoms with Crippen LogP contribution in [0.25, 0.3) is 0 Å². The van der Waals surface area contributed by atoms with Crippen LogP contribution in [0.1, 0.15) is 32.1 Å². The fourth-order valence-corrected chi connectivity index (χ4v) is 1.51. The van der Waals surface area contributed by atoms with E-state index < -0.39 is 5.97 Å². The Morgan fingerprint density at radius 1 is 1.42 bits per heavy atom. The fraction of sp³-hybridized carbons (Fsp3) is 0.556. The molecular formula is C9H11O3-. The van der Waals surface area contributed by atoms with Crippen molar-refractivity contribution in [2.24, 2.45) is 0 Å². The molecule has 3 nitrogen and oxygen atoms in total. The third kappa shape index (κ3) is 2.19. The number of hydrogen-bond donors (Lipinski definition) is 0. The zero-order valence-corrected chi connectivity index (χ0v) is 6.84. The van der Waals surface area contributed by atoms with Crippen molar-refractivity contribution in [2.45, 2.75) is 32.1 Å². The molecule has 1 aliphatic carbocycles. The Labute approximate surface area is 71.1 Å². The Bertz CT molecular complexity index is 228. The van der Waals surface area contributed by atoms with Crippen LogP contribution in [0.4, 0.5) is 0 Å². The van der Waals surface area contributed by atoms with Crippen LogP contribution in [0.5, 0.6) is 0 Å². The standard InChI is InChI=1S/C9H12O3/c10-6-8-4-2-1-3-7(8)5-9(11)12/h6H,1-5H2,(H,11,12)/p-1. The Morgan fingerprint density at radius 3 is 2.67 bits per heavy atom. The Kier molecular flexibility index (Phi) is 3.02. The molecule has 0 aliphatic heterocycles. The van der Waals surface area contributed by atoms with Crippen LogP contribution in [0.3, 0.4) is 0 Å². The zero-order valence-electron chi connectivity index (χ0n) is 6.84. The fourth-order valence-electron chi connectivity index (χ4n) is 1.51. The summed E-state index contributed by atoms with van der Waals surface area (Å²) in [7, 11) is 0. The van der Waals surface area contributed by atoms with Crippen LogP contribution in [-0.2, 0) is 9.59 Å². The van der Waals surface area contributed by atoms with Crippen molar-refractivity contribution in [3.8, 4) is 0 Å². The van der Waals surface area contributed by atoms with Gasteiger partial charge in [-0.2, -0.15) is 0 Å². The van der Waals surface area contributed by atoms with E-state index in [4.69, 9.17) is 0 Å². The van der Waals surface area contributed by atoms with E-state index in [1.807, 2.05) is 0 Å². The Morgan fingerprint density at radius 2 is 2.08 bits per heavy atom. The lowest BCUT2D eigenvalue weighted by atomic mass is 9.91. The minimum absolute atomic E-state index is 0.0753. The first-order valence-electron chi connectivity index (χ1n) is 4.10. The molecule has 0 N–H and O–H groups in total. The lowest BCUT2D eigenvalue weighted by Crippen LogP contribution is -2.23. The summed E-state index contributed by atoms with van der Waals surface area (Å²) in [5.41, 5.74) is 1.43. The summed E-state index contributed by atoms with van der Waals surface area (Å²) < 4.78 is 0. The van der Waals surface area contributed by atoms with Gasteiger partial charge in [0, 0.05) is 12.4 Å². The molecule has 0 saturated heterocycles. The van der Waals surface area contributed by atoms with Crippen molar-refractivity contribution in [1.82, 2.24) is 0 Å². The second-order valence-corrected chi connectivity index (χ2v) is 3.00. The molecule has 0 bridgehead atoms. The largest absolute Gasteiger partial charge is 0.550 e. The number of aliphatic carboxylic acids is 1. The van der Waals surface area contributed by atoms with Crippen LogP contribution in [0, 0.1) is 0 Å². The molecule has 0 heterocycles. The lowest BCUT2D eigenvalue weighted by molar-refractivity contribution is -0.304. The number of aldehydes is 1. The van der Waals surface area contributed by atoms with E-state index in [9.17, 15) is 14.7 Å². The van der Waals surface area contributed by atoms with Crippen molar-refractivity contribution in [2.75, 3.05) is 0 Å². The van der Waals surface area contributed by atoms with Crippen molar-refractivity contribution in [3.63, 3.8) is 0 Å². The Balaban J connectivity index is 2.72. The van der Waals surface area contributed by atoms with Crippen LogP contribution in [0.2, 0.25) is 0 Å². The molecule has 0 unspecified atom stereocenters. The molecule has 0 atom stereocenters. The average Bonchev–Trinajstić information content (AvgIpc) is 2.04. The van der Waals surface area contributed by atoms with Gasteiger partial charge in [-0.25, -0.2) is 0 Å². The first-order chi connectivity index (χ1) is 5.74. The molecule has 0 spiro atoms. The number of hydrogen-bond acceptors (Lipinski definition) is 3. The second-order valence-electron chi connectivity index (χ2n) is 3.00. The average molecular weight is 167 g/mol. The summed E-state index contributed by atoms with van der Waals surface area (Å²) in [6, 6.07) is 0. The van der Waals surface area contributed by atoms with E-state index in [0.717, 1.165) is 37.5 Å². The normalized spacial score (nSPS) is 17.7. The van der Waals surface area contributed by atoms with E-state index in [1.165, 1.54) is 0 Å². The number of rotatable bonds is 3. The van der Waals surface area contributed by atoms with Gasteiger partial charge in [-0.1, -0.05) is 5.57 Å². The van der Waals surface area contributed by atoms with Gasteiger partial charge in [0.25, 0.3) is 0 Å². The van der Waals surface area contributed by atoms with Crippen molar-refractivity contribution in [3.05, 3.63) is 11.1 Å². The minimum Gasteiger partial charge on any atom is -0.550 e. The third-order valence-corrected chi connectivity index (χ3v) is 2.13. The zero-order chi connectivity index (χ0) is 8.97. The smallest absolute Gasteiger partial charge is 0.145 e. The molecule has 12 heavy (non-hydrogen) atoms. The van der Waals surface area contributed by atoms with E-state index >= 15 is 0 Å². The predicted molar refractivity (Wildman–Crippen MR) is 41.2 cm³/mol. The minimum atomic E-state index is -1.09. The molecule has 0 aromatic carbocycles. The molecule has 0 saturated carbocycles. The highest BCUT2D eigenvalue weighted by atomic mass is 16.4. The highest BCUT2D eigenvalue weighted by Gasteiger charge is 2.11. The quantitative estimate of drug-likeness (QED) is 0.564. The topological polar surface area (TPSA) is 57.2 Å². The highest BCUT2D eigenvalue weighted by molar-refractivity contribution is 5.78. The summed E-state index contributed by atoms with van der Waals surface area (Å²) in [4.78, 5) is 20.7. The molecule has 3 heteroatoms. The van der Waals surface area contributed by atoms with Crippen LogP contribution in [-0.4, -0.2) is 12.3 Å². The van der Waals surface area contributed by atoms with Crippen molar-refractivity contribution < 1.29 is 14.7 Å². The third-order valence-electron chi connectivity index (χ3n) is 2.13. The maximum atomic E-state index is 10.5. The maximum absolute atomic E-state index is 10.5. The van der Waals surface area contributed by atoms with Crippen LogP contribution < -0.4 is 5.11 Å². The molecule has 0 aromatic rings. The van der Waals surface area contributed by atoms with Crippen molar-refractivity contribution >= 4 is 12.3 Å². The molecule has 1 rings (SSSR count). The molecule has 0 radical (unpaired) electrons. The summed E-state index contributed by atoms with van der Waals surface area (Å²) in [6.07, 6.45) is 4.14. The van der Waals surface area contributed by atoms with E-state index in [0.29, 0.717) is 5.57 Å². The van der Waals surface area contributed by atoms with Gasteiger partial charge in [-0.05, 0) is 31.3 Å². The van der Waals surface area contributed by atoms with Gasteiger partial charge in [-0.3, -0.25) is 4.79 Å². The second kappa shape index (κ2) is 4.04.